The van der Waals surface area contributed by atoms with Crippen LogP contribution in [-0.2, 0) is 0 Å². The second-order valence-corrected chi connectivity index (χ2v) is 1.05. The second-order valence-electron chi connectivity index (χ2n) is 1.05. The molecule has 0 aromatic carbocycles. The summed E-state index contributed by atoms with van der Waals surface area (Å²) in [5, 5.41) is 17.0. The second kappa shape index (κ2) is 5.21. The van der Waals surface area contributed by atoms with Crippen molar-refractivity contribution in [2.75, 3.05) is 0 Å². The molecular formula is CH7N9. The van der Waals surface area contributed by atoms with Gasteiger partial charge < -0.3 is 0 Å². The Hall–Kier alpha value is -1.93. The maximum absolute atomic E-state index is 4.75. The van der Waals surface area contributed by atoms with E-state index in [4.69, 9.17) is 11.5 Å². The number of hydrogen-bond donors (Lipinski definition) is 4. The number of nitrogens with one attached hydrogen (secondary N) is 1. The highest BCUT2D eigenvalue weighted by Gasteiger charge is 1.72. The molecule has 1 heterocycles. The summed E-state index contributed by atoms with van der Waals surface area (Å²) in [5.41, 5.74) is 9.50. The van der Waals surface area contributed by atoms with Gasteiger partial charge in [0.25, 0.3) is 0 Å². The monoisotopic (exact) mass is 145 g/mol. The van der Waals surface area contributed by atoms with Crippen molar-refractivity contribution < 1.29 is 5.10 Å². The van der Waals surface area contributed by atoms with Crippen molar-refractivity contribution in [1.82, 2.24) is 26.1 Å². The van der Waals surface area contributed by atoms with Gasteiger partial charge in [0.05, 0.1) is 0 Å². The molecule has 0 aliphatic carbocycles. The van der Waals surface area contributed by atoms with Crippen molar-refractivity contribution in [3.05, 3.63) is 0 Å². The van der Waals surface area contributed by atoms with E-state index in [0.29, 0.717) is 0 Å². The summed E-state index contributed by atoms with van der Waals surface area (Å²) in [4.78, 5) is 0. The molecule has 56 valence electrons. The lowest BCUT2D eigenvalue weighted by Gasteiger charge is -1.69. The van der Waals surface area contributed by atoms with E-state index in [9.17, 15) is 0 Å². The van der Waals surface area contributed by atoms with Gasteiger partial charge in [0.2, 0.25) is 0 Å². The van der Waals surface area contributed by atoms with E-state index in [0.717, 1.165) is 0 Å². The zero-order valence-corrected chi connectivity index (χ0v) is 4.97. The fraction of sp³-hybridized carbons (Fsp3) is 0. The van der Waals surface area contributed by atoms with Crippen molar-refractivity contribution in [2.24, 2.45) is 17.3 Å². The number of nitrogens with zero attached hydrogens (tertiary/aromatic N) is 5. The lowest BCUT2D eigenvalue weighted by Crippen LogP contribution is -2.84. The summed E-state index contributed by atoms with van der Waals surface area (Å²) >= 11 is 0. The molecule has 0 fully saturated rings. The molecule has 1 aromatic rings. The summed E-state index contributed by atoms with van der Waals surface area (Å²) in [6.07, 6.45) is 0. The van der Waals surface area contributed by atoms with Crippen molar-refractivity contribution in [3.63, 3.8) is 0 Å². The molecular weight excluding hydrogens is 138 g/mol. The number of hydrogen-bond acceptors (Lipinski definition) is 5. The Morgan fingerprint density at radius 3 is 1.70 bits per heavy atom. The molecule has 7 N–H and O–H groups in total. The average molecular weight is 145 g/mol. The van der Waals surface area contributed by atoms with Crippen LogP contribution in [0.2, 0.25) is 0 Å². The lowest BCUT2D eigenvalue weighted by atomic mass is 11.1. The Kier molecular flexibility index (Phi) is 4.21. The fourth-order valence-corrected chi connectivity index (χ4v) is 0.0894. The highest BCUT2D eigenvalue weighted by Crippen LogP contribution is 1.28. The van der Waals surface area contributed by atoms with Gasteiger partial charge in [0.15, 0.2) is 0 Å². The van der Waals surface area contributed by atoms with Gasteiger partial charge in [-0.15, -0.1) is 0 Å². The number of nitrogens with two attached hydrogens (primary N) is 3. The van der Waals surface area contributed by atoms with E-state index < -0.39 is 0 Å². The van der Waals surface area contributed by atoms with Crippen molar-refractivity contribution in [2.45, 2.75) is 0 Å². The molecule has 0 aliphatic rings. The van der Waals surface area contributed by atoms with Crippen LogP contribution in [0.1, 0.15) is 0 Å². The number of aromatic nitrogens is 5. The first-order chi connectivity index (χ1) is 4.77. The Bertz CT molecular complexity index is 140. The van der Waals surface area contributed by atoms with Gasteiger partial charge in [-0.3, -0.25) is 17.3 Å². The van der Waals surface area contributed by atoms with Crippen LogP contribution < -0.4 is 27.6 Å². The molecule has 0 unspecified atom stereocenters. The van der Waals surface area contributed by atoms with Gasteiger partial charge in [-0.2, -0.15) is 20.7 Å². The lowest BCUT2D eigenvalue weighted by molar-refractivity contribution is -0.471. The van der Waals surface area contributed by atoms with E-state index in [2.05, 4.69) is 31.9 Å². The summed E-state index contributed by atoms with van der Waals surface area (Å²) < 4.78 is 0. The van der Waals surface area contributed by atoms with E-state index in [1.807, 2.05) is 5.10 Å². The van der Waals surface area contributed by atoms with Gasteiger partial charge in [-0.1, -0.05) is 0 Å². The molecule has 0 saturated carbocycles. The maximum Gasteiger partial charge on any atom is 0.360 e. The molecule has 9 heteroatoms. The first-order valence-electron chi connectivity index (χ1n) is 2.12. The number of rotatable bonds is 0. The van der Waals surface area contributed by atoms with E-state index in [1.54, 1.807) is 0 Å². The molecule has 0 radical (unpaired) electrons. The largest absolute Gasteiger partial charge is 0.360 e. The first-order valence-corrected chi connectivity index (χ1v) is 2.12. The van der Waals surface area contributed by atoms with Crippen LogP contribution in [0.5, 0.6) is 0 Å². The zero-order valence-electron chi connectivity index (χ0n) is 4.97. The minimum Gasteiger partial charge on any atom is -0.296 e. The van der Waals surface area contributed by atoms with E-state index >= 15 is 0 Å². The third-order valence-electron chi connectivity index (χ3n) is 0.367. The highest BCUT2D eigenvalue weighted by molar-refractivity contribution is 5.68. The van der Waals surface area contributed by atoms with Crippen molar-refractivity contribution >= 4 is 5.96 Å². The SMILES string of the molecule is N[NH+]=C(N)N.n1nn[n-]n1. The minimum atomic E-state index is 0.0324. The quantitative estimate of drug-likeness (QED) is 0.122. The zero-order chi connectivity index (χ0) is 7.82. The van der Waals surface area contributed by atoms with Crippen LogP contribution in [-0.4, -0.2) is 26.8 Å². The molecule has 0 aliphatic heterocycles. The third kappa shape index (κ3) is 6.07. The molecule has 1 rings (SSSR count). The molecule has 0 spiro atoms. The Morgan fingerprint density at radius 2 is 1.60 bits per heavy atom. The minimum absolute atomic E-state index is 0.0324. The smallest absolute Gasteiger partial charge is 0.296 e. The van der Waals surface area contributed by atoms with Gasteiger partial charge in [-0.05, 0) is 0 Å². The maximum atomic E-state index is 4.75. The van der Waals surface area contributed by atoms with Crippen LogP contribution in [0.25, 0.3) is 0 Å². The van der Waals surface area contributed by atoms with Crippen molar-refractivity contribution in [1.29, 1.82) is 0 Å². The van der Waals surface area contributed by atoms with Crippen LogP contribution in [0.3, 0.4) is 0 Å². The van der Waals surface area contributed by atoms with Crippen LogP contribution >= 0.6 is 0 Å². The van der Waals surface area contributed by atoms with E-state index in [1.165, 1.54) is 0 Å². The predicted octanol–water partition coefficient (Wildman–Crippen LogP) is -5.56. The van der Waals surface area contributed by atoms with Gasteiger partial charge in [0.1, 0.15) is 0 Å². The summed E-state index contributed by atoms with van der Waals surface area (Å²) in [7, 11) is 0. The highest BCUT2D eigenvalue weighted by atomic mass is 15.6. The van der Waals surface area contributed by atoms with E-state index in [-0.39, 0.29) is 5.96 Å². The molecule has 0 saturated heterocycles. The predicted molar refractivity (Wildman–Crippen MR) is 29.5 cm³/mol. The Morgan fingerprint density at radius 1 is 1.20 bits per heavy atom. The standard InChI is InChI=1S/CH6N4.N5/c2-1(3)5-4;1-2-4-5-3-1/h4H2,(H4,2,3,5);/q;-1/p+1. The molecule has 0 bridgehead atoms. The molecule has 0 amide bonds. The topological polar surface area (TPSA) is 158 Å². The fourth-order valence-electron chi connectivity index (χ4n) is 0.0894. The molecule has 10 heavy (non-hydrogen) atoms. The number of hydrazone groups is 1. The van der Waals surface area contributed by atoms with Crippen LogP contribution in [0, 0.1) is 0 Å². The normalized spacial score (nSPS) is 7.20. The first kappa shape index (κ1) is 8.07. The molecule has 0 atom stereocenters. The molecule has 9 nitrogen and oxygen atoms in total. The van der Waals surface area contributed by atoms with Crippen LogP contribution in [0.15, 0.2) is 0 Å². The summed E-state index contributed by atoms with van der Waals surface area (Å²) in [5.74, 6) is 4.67. The average Bonchev–Trinajstić information content (AvgIpc) is 2.43. The third-order valence-corrected chi connectivity index (χ3v) is 0.367. The summed E-state index contributed by atoms with van der Waals surface area (Å²) in [6.45, 7) is 0. The summed E-state index contributed by atoms with van der Waals surface area (Å²) in [6, 6.07) is 0. The van der Waals surface area contributed by atoms with Gasteiger partial charge >= 0.3 is 5.96 Å². The van der Waals surface area contributed by atoms with Gasteiger partial charge in [-0.25, -0.2) is 10.4 Å². The van der Waals surface area contributed by atoms with Crippen LogP contribution in [0.4, 0.5) is 0 Å². The Balaban J connectivity index is 0.000000162. The number of guanidine groups is 1. The van der Waals surface area contributed by atoms with Gasteiger partial charge in [0, 0.05) is 0 Å². The van der Waals surface area contributed by atoms with Crippen molar-refractivity contribution in [3.8, 4) is 0 Å². The number of hydrazine groups is 1. The molecule has 1 aromatic heterocycles. The Labute approximate surface area is 55.6 Å².